The molecule has 2 rings (SSSR count). The minimum absolute atomic E-state index is 0.0274. The van der Waals surface area contributed by atoms with Crippen molar-refractivity contribution in [3.63, 3.8) is 0 Å². The van der Waals surface area contributed by atoms with E-state index in [9.17, 15) is 9.18 Å². The van der Waals surface area contributed by atoms with Crippen LogP contribution in [0.15, 0.2) is 59.5 Å². The predicted octanol–water partition coefficient (Wildman–Crippen LogP) is 4.36. The Balaban J connectivity index is 2.03. The summed E-state index contributed by atoms with van der Waals surface area (Å²) in [6.45, 7) is 5.00. The molecule has 0 heterocycles. The van der Waals surface area contributed by atoms with Crippen LogP contribution in [0.4, 0.5) is 4.39 Å². The molecule has 2 nitrogen and oxygen atoms in total. The molecule has 2 aromatic rings. The average molecular weight is 317 g/mol. The van der Waals surface area contributed by atoms with Gasteiger partial charge >= 0.3 is 0 Å². The molecule has 4 heteroatoms. The molecule has 0 fully saturated rings. The number of hydrogen-bond acceptors (Lipinski definition) is 2. The molecule has 0 aromatic heterocycles. The maximum absolute atomic E-state index is 13.7. The molecule has 0 spiro atoms. The van der Waals surface area contributed by atoms with E-state index in [-0.39, 0.29) is 17.0 Å². The summed E-state index contributed by atoms with van der Waals surface area (Å²) in [5.74, 6) is -0.252. The van der Waals surface area contributed by atoms with Crippen molar-refractivity contribution in [2.45, 2.75) is 30.5 Å². The maximum atomic E-state index is 13.7. The van der Waals surface area contributed by atoms with E-state index in [1.54, 1.807) is 23.1 Å². The standard InChI is InChI=1S/C18H20FNOS/c1-3-20(13-15-9-5-4-6-10-15)18(21)14(2)22-17-12-8-7-11-16(17)19/h4-12,14H,3,13H2,1-2H3. The van der Waals surface area contributed by atoms with Crippen molar-refractivity contribution in [3.8, 4) is 0 Å². The molecule has 1 unspecified atom stereocenters. The Kier molecular flexibility index (Phi) is 6.01. The van der Waals surface area contributed by atoms with E-state index in [1.807, 2.05) is 44.2 Å². The number of amides is 1. The van der Waals surface area contributed by atoms with E-state index >= 15 is 0 Å². The summed E-state index contributed by atoms with van der Waals surface area (Å²) in [7, 11) is 0. The summed E-state index contributed by atoms with van der Waals surface area (Å²) in [6.07, 6.45) is 0. The monoisotopic (exact) mass is 317 g/mol. The van der Waals surface area contributed by atoms with E-state index < -0.39 is 0 Å². The van der Waals surface area contributed by atoms with Crippen LogP contribution in [0.5, 0.6) is 0 Å². The zero-order valence-corrected chi connectivity index (χ0v) is 13.6. The van der Waals surface area contributed by atoms with Crippen molar-refractivity contribution in [2.24, 2.45) is 0 Å². The largest absolute Gasteiger partial charge is 0.338 e. The highest BCUT2D eigenvalue weighted by atomic mass is 32.2. The third kappa shape index (κ3) is 4.34. The first kappa shape index (κ1) is 16.6. The molecule has 0 N–H and O–H groups in total. The SMILES string of the molecule is CCN(Cc1ccccc1)C(=O)C(C)Sc1ccccc1F. The summed E-state index contributed by atoms with van der Waals surface area (Å²) in [6, 6.07) is 16.5. The zero-order chi connectivity index (χ0) is 15.9. The topological polar surface area (TPSA) is 20.3 Å². The van der Waals surface area contributed by atoms with E-state index in [4.69, 9.17) is 0 Å². The van der Waals surface area contributed by atoms with Crippen LogP contribution in [0.2, 0.25) is 0 Å². The molecule has 0 radical (unpaired) electrons. The molecule has 0 aliphatic heterocycles. The van der Waals surface area contributed by atoms with E-state index in [1.165, 1.54) is 17.8 Å². The molecule has 0 saturated heterocycles. The lowest BCUT2D eigenvalue weighted by Gasteiger charge is -2.24. The van der Waals surface area contributed by atoms with Gasteiger partial charge in [0.05, 0.1) is 5.25 Å². The fraction of sp³-hybridized carbons (Fsp3) is 0.278. The first-order chi connectivity index (χ1) is 10.6. The molecule has 0 bridgehead atoms. The predicted molar refractivity (Wildman–Crippen MR) is 89.3 cm³/mol. The number of carbonyl (C=O) groups excluding carboxylic acids is 1. The second-order valence-electron chi connectivity index (χ2n) is 5.03. The maximum Gasteiger partial charge on any atom is 0.236 e. The van der Waals surface area contributed by atoms with Crippen LogP contribution in [-0.4, -0.2) is 22.6 Å². The third-order valence-corrected chi connectivity index (χ3v) is 4.54. The summed E-state index contributed by atoms with van der Waals surface area (Å²) in [5, 5.41) is -0.319. The molecule has 2 aromatic carbocycles. The number of hydrogen-bond donors (Lipinski definition) is 0. The van der Waals surface area contributed by atoms with E-state index in [2.05, 4.69) is 0 Å². The fourth-order valence-electron chi connectivity index (χ4n) is 2.19. The first-order valence-corrected chi connectivity index (χ1v) is 8.23. The van der Waals surface area contributed by atoms with Crippen LogP contribution in [0, 0.1) is 5.82 Å². The van der Waals surface area contributed by atoms with Gasteiger partial charge in [-0.15, -0.1) is 11.8 Å². The number of thioether (sulfide) groups is 1. The molecule has 22 heavy (non-hydrogen) atoms. The van der Waals surface area contributed by atoms with Crippen molar-refractivity contribution >= 4 is 17.7 Å². The molecule has 1 amide bonds. The number of carbonyl (C=O) groups is 1. The van der Waals surface area contributed by atoms with E-state index in [0.29, 0.717) is 18.0 Å². The van der Waals surface area contributed by atoms with Gasteiger partial charge in [0.25, 0.3) is 0 Å². The number of benzene rings is 2. The number of halogens is 1. The quantitative estimate of drug-likeness (QED) is 0.738. The van der Waals surface area contributed by atoms with Crippen LogP contribution < -0.4 is 0 Å². The normalized spacial score (nSPS) is 12.0. The molecule has 0 aliphatic carbocycles. The van der Waals surface area contributed by atoms with Crippen molar-refractivity contribution < 1.29 is 9.18 Å². The highest BCUT2D eigenvalue weighted by Crippen LogP contribution is 2.27. The molecule has 0 saturated carbocycles. The Labute approximate surface area is 135 Å². The lowest BCUT2D eigenvalue weighted by molar-refractivity contribution is -0.130. The number of rotatable bonds is 6. The van der Waals surface area contributed by atoms with Gasteiger partial charge in [-0.1, -0.05) is 42.5 Å². The highest BCUT2D eigenvalue weighted by molar-refractivity contribution is 8.00. The van der Waals surface area contributed by atoms with Crippen molar-refractivity contribution in [3.05, 3.63) is 66.0 Å². The van der Waals surface area contributed by atoms with Crippen molar-refractivity contribution in [2.75, 3.05) is 6.54 Å². The second kappa shape index (κ2) is 7.99. The molecular formula is C18H20FNOS. The second-order valence-corrected chi connectivity index (χ2v) is 6.41. The minimum atomic E-state index is -0.319. The van der Waals surface area contributed by atoms with Gasteiger partial charge in [-0.2, -0.15) is 0 Å². The van der Waals surface area contributed by atoms with Crippen LogP contribution in [0.3, 0.4) is 0 Å². The summed E-state index contributed by atoms with van der Waals surface area (Å²) < 4.78 is 13.7. The van der Waals surface area contributed by atoms with E-state index in [0.717, 1.165) is 5.56 Å². The van der Waals surface area contributed by atoms with Gasteiger partial charge in [-0.05, 0) is 31.5 Å². The van der Waals surface area contributed by atoms with Gasteiger partial charge in [0.15, 0.2) is 0 Å². The van der Waals surface area contributed by atoms with Crippen LogP contribution in [0.1, 0.15) is 19.4 Å². The van der Waals surface area contributed by atoms with Crippen molar-refractivity contribution in [1.82, 2.24) is 4.90 Å². The summed E-state index contributed by atoms with van der Waals surface area (Å²) in [5.41, 5.74) is 1.10. The van der Waals surface area contributed by atoms with Gasteiger partial charge < -0.3 is 4.90 Å². The van der Waals surface area contributed by atoms with Gasteiger partial charge in [0.2, 0.25) is 5.91 Å². The fourth-order valence-corrected chi connectivity index (χ4v) is 3.16. The molecular weight excluding hydrogens is 297 g/mol. The minimum Gasteiger partial charge on any atom is -0.338 e. The van der Waals surface area contributed by atoms with Gasteiger partial charge in [0, 0.05) is 18.0 Å². The highest BCUT2D eigenvalue weighted by Gasteiger charge is 2.21. The average Bonchev–Trinajstić information content (AvgIpc) is 2.55. The zero-order valence-electron chi connectivity index (χ0n) is 12.8. The van der Waals surface area contributed by atoms with Crippen molar-refractivity contribution in [1.29, 1.82) is 0 Å². The van der Waals surface area contributed by atoms with Crippen LogP contribution in [0.25, 0.3) is 0 Å². The van der Waals surface area contributed by atoms with Gasteiger partial charge in [-0.3, -0.25) is 4.79 Å². The molecule has 1 atom stereocenters. The Morgan fingerprint density at radius 3 is 2.41 bits per heavy atom. The Bertz CT molecular complexity index is 617. The Morgan fingerprint density at radius 1 is 1.14 bits per heavy atom. The molecule has 116 valence electrons. The van der Waals surface area contributed by atoms with Gasteiger partial charge in [0.1, 0.15) is 5.82 Å². The summed E-state index contributed by atoms with van der Waals surface area (Å²) in [4.78, 5) is 14.9. The Morgan fingerprint density at radius 2 is 1.77 bits per heavy atom. The number of nitrogens with zero attached hydrogens (tertiary/aromatic N) is 1. The van der Waals surface area contributed by atoms with Crippen LogP contribution in [-0.2, 0) is 11.3 Å². The Hall–Kier alpha value is -1.81. The van der Waals surface area contributed by atoms with Crippen LogP contribution >= 0.6 is 11.8 Å². The third-order valence-electron chi connectivity index (χ3n) is 3.40. The van der Waals surface area contributed by atoms with Gasteiger partial charge in [-0.25, -0.2) is 4.39 Å². The lowest BCUT2D eigenvalue weighted by Crippen LogP contribution is -2.36. The summed E-state index contributed by atoms with van der Waals surface area (Å²) >= 11 is 1.27. The lowest BCUT2D eigenvalue weighted by atomic mass is 10.2. The smallest absolute Gasteiger partial charge is 0.236 e. The molecule has 0 aliphatic rings. The first-order valence-electron chi connectivity index (χ1n) is 7.35.